The zero-order chi connectivity index (χ0) is 22.9. The van der Waals surface area contributed by atoms with Crippen molar-refractivity contribution < 1.29 is 24.3 Å². The Morgan fingerprint density at radius 1 is 0.759 bits per heavy atom. The van der Waals surface area contributed by atoms with Gasteiger partial charge in [-0.25, -0.2) is 0 Å². The Hall–Kier alpha value is -2.16. The van der Waals surface area contributed by atoms with E-state index >= 15 is 0 Å². The molecule has 3 amide bonds. The lowest BCUT2D eigenvalue weighted by molar-refractivity contribution is -0.142. The summed E-state index contributed by atoms with van der Waals surface area (Å²) in [5.74, 6) is -3.17. The van der Waals surface area contributed by atoms with E-state index in [1.54, 1.807) is 20.8 Å². The highest BCUT2D eigenvalue weighted by Crippen LogP contribution is 2.12. The Bertz CT molecular complexity index is 581. The molecule has 0 rings (SSSR count). The summed E-state index contributed by atoms with van der Waals surface area (Å²) in [5, 5.41) is 16.8. The molecule has 0 heterocycles. The van der Waals surface area contributed by atoms with Crippen molar-refractivity contribution in [2.75, 3.05) is 0 Å². The zero-order valence-electron chi connectivity index (χ0n) is 18.6. The SMILES string of the molecule is CCC(C)C(N)C(=O)NC(C(=O)NC(C(=O)NC(C)C(=O)O)C(C)CC)C(C)C. The van der Waals surface area contributed by atoms with E-state index in [1.165, 1.54) is 6.92 Å². The van der Waals surface area contributed by atoms with Crippen LogP contribution in [-0.4, -0.2) is 53.0 Å². The summed E-state index contributed by atoms with van der Waals surface area (Å²) in [5.41, 5.74) is 5.96. The first kappa shape index (κ1) is 26.8. The molecule has 6 N–H and O–H groups in total. The predicted molar refractivity (Wildman–Crippen MR) is 111 cm³/mol. The standard InChI is InChI=1S/C20H38N4O5/c1-8-11(5)14(21)17(25)23-15(10(3)4)18(26)24-16(12(6)9-2)19(27)22-13(7)20(28)29/h10-16H,8-9,21H2,1-7H3,(H,22,27)(H,23,25)(H,24,26)(H,28,29). The number of hydrogen-bond acceptors (Lipinski definition) is 5. The molecule has 0 aromatic rings. The van der Waals surface area contributed by atoms with Crippen molar-refractivity contribution >= 4 is 23.7 Å². The lowest BCUT2D eigenvalue weighted by Crippen LogP contribution is -2.60. The molecule has 0 saturated heterocycles. The van der Waals surface area contributed by atoms with Crippen molar-refractivity contribution in [3.8, 4) is 0 Å². The van der Waals surface area contributed by atoms with Crippen LogP contribution in [0.4, 0.5) is 0 Å². The van der Waals surface area contributed by atoms with E-state index in [2.05, 4.69) is 16.0 Å². The van der Waals surface area contributed by atoms with Gasteiger partial charge in [-0.15, -0.1) is 0 Å². The van der Waals surface area contributed by atoms with Crippen molar-refractivity contribution in [1.82, 2.24) is 16.0 Å². The average Bonchev–Trinajstić information content (AvgIpc) is 2.67. The number of carbonyl (C=O) groups is 4. The van der Waals surface area contributed by atoms with Crippen molar-refractivity contribution in [2.24, 2.45) is 23.5 Å². The highest BCUT2D eigenvalue weighted by atomic mass is 16.4. The van der Waals surface area contributed by atoms with Crippen LogP contribution < -0.4 is 21.7 Å². The summed E-state index contributed by atoms with van der Waals surface area (Å²) in [6.45, 7) is 12.4. The van der Waals surface area contributed by atoms with Crippen LogP contribution in [0.3, 0.4) is 0 Å². The minimum atomic E-state index is -1.17. The lowest BCUT2D eigenvalue weighted by Gasteiger charge is -2.29. The molecule has 9 heteroatoms. The third-order valence-corrected chi connectivity index (χ3v) is 5.33. The number of nitrogens with one attached hydrogen (secondary N) is 3. The van der Waals surface area contributed by atoms with Gasteiger partial charge < -0.3 is 26.8 Å². The van der Waals surface area contributed by atoms with Gasteiger partial charge in [-0.1, -0.05) is 54.4 Å². The molecule has 0 aromatic heterocycles. The molecule has 0 aliphatic rings. The maximum Gasteiger partial charge on any atom is 0.325 e. The average molecular weight is 415 g/mol. The van der Waals surface area contributed by atoms with Crippen LogP contribution in [0.1, 0.15) is 61.3 Å². The molecule has 0 saturated carbocycles. The summed E-state index contributed by atoms with van der Waals surface area (Å²) >= 11 is 0. The van der Waals surface area contributed by atoms with E-state index in [0.29, 0.717) is 6.42 Å². The molecule has 9 nitrogen and oxygen atoms in total. The highest BCUT2D eigenvalue weighted by Gasteiger charge is 2.33. The number of rotatable bonds is 12. The monoisotopic (exact) mass is 414 g/mol. The normalized spacial score (nSPS) is 17.4. The largest absolute Gasteiger partial charge is 0.480 e. The fourth-order valence-electron chi connectivity index (χ4n) is 2.61. The van der Waals surface area contributed by atoms with E-state index in [-0.39, 0.29) is 17.8 Å². The maximum atomic E-state index is 12.9. The quantitative estimate of drug-likeness (QED) is 0.316. The van der Waals surface area contributed by atoms with Crippen LogP contribution in [-0.2, 0) is 19.2 Å². The first-order valence-corrected chi connectivity index (χ1v) is 10.3. The molecule has 0 aliphatic heterocycles. The van der Waals surface area contributed by atoms with E-state index in [9.17, 15) is 19.2 Å². The van der Waals surface area contributed by atoms with Gasteiger partial charge in [0.25, 0.3) is 0 Å². The number of hydrogen-bond donors (Lipinski definition) is 5. The van der Waals surface area contributed by atoms with Crippen LogP contribution >= 0.6 is 0 Å². The maximum absolute atomic E-state index is 12.9. The second-order valence-electron chi connectivity index (χ2n) is 8.08. The number of amides is 3. The molecule has 0 spiro atoms. The van der Waals surface area contributed by atoms with Gasteiger partial charge in [-0.3, -0.25) is 19.2 Å². The molecule has 0 radical (unpaired) electrons. The van der Waals surface area contributed by atoms with E-state index in [1.807, 2.05) is 20.8 Å². The minimum absolute atomic E-state index is 0.0398. The first-order valence-electron chi connectivity index (χ1n) is 10.3. The summed E-state index contributed by atoms with van der Waals surface area (Å²) < 4.78 is 0. The van der Waals surface area contributed by atoms with Crippen molar-refractivity contribution in [3.05, 3.63) is 0 Å². The molecule has 6 unspecified atom stereocenters. The van der Waals surface area contributed by atoms with Gasteiger partial charge in [0.05, 0.1) is 6.04 Å². The fourth-order valence-corrected chi connectivity index (χ4v) is 2.61. The van der Waals surface area contributed by atoms with Crippen LogP contribution in [0.15, 0.2) is 0 Å². The molecular formula is C20H38N4O5. The number of carboxylic acids is 1. The van der Waals surface area contributed by atoms with E-state index < -0.39 is 47.9 Å². The van der Waals surface area contributed by atoms with Gasteiger partial charge in [0.2, 0.25) is 17.7 Å². The molecule has 168 valence electrons. The zero-order valence-corrected chi connectivity index (χ0v) is 18.6. The molecule has 0 aliphatic carbocycles. The van der Waals surface area contributed by atoms with Crippen LogP contribution in [0.25, 0.3) is 0 Å². The molecule has 0 aromatic carbocycles. The van der Waals surface area contributed by atoms with E-state index in [4.69, 9.17) is 10.8 Å². The number of aliphatic carboxylic acids is 1. The minimum Gasteiger partial charge on any atom is -0.480 e. The smallest absolute Gasteiger partial charge is 0.325 e. The van der Waals surface area contributed by atoms with Crippen molar-refractivity contribution in [1.29, 1.82) is 0 Å². The van der Waals surface area contributed by atoms with Gasteiger partial charge in [0.15, 0.2) is 0 Å². The first-order chi connectivity index (χ1) is 13.4. The number of carboxylic acid groups (broad SMARTS) is 1. The van der Waals surface area contributed by atoms with Crippen LogP contribution in [0.5, 0.6) is 0 Å². The van der Waals surface area contributed by atoms with E-state index in [0.717, 1.165) is 6.42 Å². The van der Waals surface area contributed by atoms with Gasteiger partial charge in [-0.05, 0) is 24.7 Å². The van der Waals surface area contributed by atoms with Crippen molar-refractivity contribution in [3.63, 3.8) is 0 Å². The summed E-state index contributed by atoms with van der Waals surface area (Å²) in [6.07, 6.45) is 1.32. The third kappa shape index (κ3) is 8.39. The second-order valence-corrected chi connectivity index (χ2v) is 8.08. The molecular weight excluding hydrogens is 376 g/mol. The number of nitrogens with two attached hydrogens (primary N) is 1. The highest BCUT2D eigenvalue weighted by molar-refractivity contribution is 5.94. The Balaban J connectivity index is 5.37. The Morgan fingerprint density at radius 3 is 1.62 bits per heavy atom. The topological polar surface area (TPSA) is 151 Å². The Labute approximate surface area is 173 Å². The van der Waals surface area contributed by atoms with Crippen LogP contribution in [0.2, 0.25) is 0 Å². The second kappa shape index (κ2) is 12.4. The summed E-state index contributed by atoms with van der Waals surface area (Å²) in [7, 11) is 0. The lowest BCUT2D eigenvalue weighted by atomic mass is 9.95. The third-order valence-electron chi connectivity index (χ3n) is 5.33. The fraction of sp³-hybridized carbons (Fsp3) is 0.800. The Kier molecular flexibility index (Phi) is 11.5. The van der Waals surface area contributed by atoms with Crippen molar-refractivity contribution in [2.45, 2.75) is 85.5 Å². The Morgan fingerprint density at radius 2 is 1.21 bits per heavy atom. The van der Waals surface area contributed by atoms with Crippen LogP contribution in [0, 0.1) is 17.8 Å². The number of carbonyl (C=O) groups excluding carboxylic acids is 3. The molecule has 0 fully saturated rings. The summed E-state index contributed by atoms with van der Waals surface area (Å²) in [6, 6.07) is -3.61. The molecule has 6 atom stereocenters. The van der Waals surface area contributed by atoms with Gasteiger partial charge in [0, 0.05) is 0 Å². The molecule has 0 bridgehead atoms. The predicted octanol–water partition coefficient (Wildman–Crippen LogP) is 0.621. The summed E-state index contributed by atoms with van der Waals surface area (Å²) in [4.78, 5) is 48.9. The van der Waals surface area contributed by atoms with Gasteiger partial charge >= 0.3 is 5.97 Å². The van der Waals surface area contributed by atoms with Gasteiger partial charge in [-0.2, -0.15) is 0 Å². The van der Waals surface area contributed by atoms with Gasteiger partial charge in [0.1, 0.15) is 18.1 Å². The molecule has 29 heavy (non-hydrogen) atoms.